The molecule has 2 aromatic rings. The van der Waals surface area contributed by atoms with E-state index < -0.39 is 0 Å². The minimum Gasteiger partial charge on any atom is -1.00 e. The summed E-state index contributed by atoms with van der Waals surface area (Å²) in [6.07, 6.45) is 8.18. The van der Waals surface area contributed by atoms with Gasteiger partial charge in [0.2, 0.25) is 0 Å². The first kappa shape index (κ1) is 25.4. The Morgan fingerprint density at radius 3 is 2.46 bits per heavy atom. The molecule has 0 unspecified atom stereocenters. The van der Waals surface area contributed by atoms with Crippen LogP contribution in [0.25, 0.3) is 16.3 Å². The summed E-state index contributed by atoms with van der Waals surface area (Å²) in [5, 5.41) is 2.74. The first-order chi connectivity index (χ1) is 12.6. The van der Waals surface area contributed by atoms with Gasteiger partial charge in [0.25, 0.3) is 0 Å². The Bertz CT molecular complexity index is 830. The van der Waals surface area contributed by atoms with Crippen LogP contribution in [0.3, 0.4) is 0 Å². The van der Waals surface area contributed by atoms with Gasteiger partial charge in [-0.3, -0.25) is 0 Å². The van der Waals surface area contributed by atoms with E-state index in [-0.39, 0.29) is 24.8 Å². The zero-order valence-corrected chi connectivity index (χ0v) is 20.1. The number of benzene rings is 2. The molecule has 0 heterocycles. The van der Waals surface area contributed by atoms with Crippen LogP contribution in [0.1, 0.15) is 37.3 Å². The van der Waals surface area contributed by atoms with Gasteiger partial charge >= 0.3 is 170 Å². The molecule has 149 valence electrons. The molecule has 0 aliphatic heterocycles. The average Bonchev–Trinajstić information content (AvgIpc) is 3.07. The monoisotopic (exact) mass is 451 g/mol. The summed E-state index contributed by atoms with van der Waals surface area (Å²) < 4.78 is 2.48. The molecular weight excluding hydrogens is 423 g/mol. The molecule has 0 fully saturated rings. The van der Waals surface area contributed by atoms with Crippen LogP contribution in [0, 0.1) is 0 Å². The number of halogens is 2. The van der Waals surface area contributed by atoms with Gasteiger partial charge < -0.3 is 24.8 Å². The molecule has 3 rings (SSSR count). The normalized spacial score (nSPS) is 13.4. The third-order valence-electron chi connectivity index (χ3n) is 5.01. The van der Waals surface area contributed by atoms with Crippen molar-refractivity contribution >= 4 is 16.3 Å². The first-order valence-corrected chi connectivity index (χ1v) is 10.3. The molecule has 1 aliphatic rings. The number of unbranched alkanes of at least 4 members (excludes halogenated alkanes) is 1. The van der Waals surface area contributed by atoms with E-state index >= 15 is 0 Å². The van der Waals surface area contributed by atoms with Gasteiger partial charge in [-0.1, -0.05) is 0 Å². The Balaban J connectivity index is 0.00000196. The maximum absolute atomic E-state index is 2.48. The van der Waals surface area contributed by atoms with Crippen molar-refractivity contribution in [1.82, 2.24) is 8.28 Å². The van der Waals surface area contributed by atoms with E-state index in [0.717, 1.165) is 26.1 Å². The van der Waals surface area contributed by atoms with Gasteiger partial charge in [0.15, 0.2) is 0 Å². The molecule has 28 heavy (non-hydrogen) atoms. The number of nitrogens with zero attached hydrogens (tertiary/aromatic N) is 2. The number of likely N-dealkylation sites (N-methyl/N-ethyl adjacent to an activating group) is 1. The molecule has 0 atom stereocenters. The van der Waals surface area contributed by atoms with Crippen LogP contribution >= 0.6 is 0 Å². The zero-order valence-electron chi connectivity index (χ0n) is 17.0. The Kier molecular flexibility index (Phi) is 11.1. The standard InChI is InChI=1S/C23H29N2.2ClH.Ti/c1-4-5-15-24-16-23-20-11-7-6-9-18(20)13-14-22(23)21-12-8-10-19(21)17-25(2)3;;;/h6-11,13-14H,4-5,12,15-17H2,1-3H3;2*1H;/q-1;;;+3/p-2. The van der Waals surface area contributed by atoms with E-state index in [2.05, 4.69) is 98.5 Å². The van der Waals surface area contributed by atoms with Gasteiger partial charge in [0.05, 0.1) is 0 Å². The van der Waals surface area contributed by atoms with Gasteiger partial charge in [-0.15, -0.1) is 0 Å². The maximum atomic E-state index is 2.48. The van der Waals surface area contributed by atoms with Crippen molar-refractivity contribution in [3.05, 3.63) is 65.3 Å². The second-order valence-electron chi connectivity index (χ2n) is 7.44. The van der Waals surface area contributed by atoms with Crippen LogP contribution < -0.4 is 24.8 Å². The average molecular weight is 452 g/mol. The van der Waals surface area contributed by atoms with Crippen LogP contribution in [0.4, 0.5) is 0 Å². The van der Waals surface area contributed by atoms with Crippen molar-refractivity contribution < 1.29 is 45.5 Å². The third-order valence-corrected chi connectivity index (χ3v) is 5.61. The van der Waals surface area contributed by atoms with E-state index in [0.29, 0.717) is 0 Å². The predicted octanol–water partition coefficient (Wildman–Crippen LogP) is -0.813. The molecule has 0 saturated heterocycles. The Labute approximate surface area is 194 Å². The number of rotatable bonds is 8. The summed E-state index contributed by atoms with van der Waals surface area (Å²) in [6.45, 7) is 5.43. The van der Waals surface area contributed by atoms with Crippen molar-refractivity contribution in [3.63, 3.8) is 0 Å². The van der Waals surface area contributed by atoms with Crippen LogP contribution in [0.2, 0.25) is 0 Å². The zero-order chi connectivity index (χ0) is 18.5. The van der Waals surface area contributed by atoms with E-state index in [4.69, 9.17) is 0 Å². The third kappa shape index (κ3) is 6.19. The fraction of sp³-hybridized carbons (Fsp3) is 0.391. The van der Waals surface area contributed by atoms with E-state index in [1.54, 1.807) is 0 Å². The summed E-state index contributed by atoms with van der Waals surface area (Å²) in [5.41, 5.74) is 5.89. The summed E-state index contributed by atoms with van der Waals surface area (Å²) in [5.74, 6) is 0. The second kappa shape index (κ2) is 12.2. The topological polar surface area (TPSA) is 6.48 Å². The van der Waals surface area contributed by atoms with Gasteiger partial charge in [-0.05, 0) is 0 Å². The Morgan fingerprint density at radius 1 is 1.00 bits per heavy atom. The van der Waals surface area contributed by atoms with Crippen molar-refractivity contribution in [2.24, 2.45) is 0 Å². The molecule has 0 amide bonds. The molecule has 0 aromatic heterocycles. The van der Waals surface area contributed by atoms with Crippen LogP contribution in [-0.4, -0.2) is 35.5 Å². The molecule has 0 radical (unpaired) electrons. The maximum Gasteiger partial charge on any atom is -1.00 e. The molecule has 2 aromatic carbocycles. The summed E-state index contributed by atoms with van der Waals surface area (Å²) in [6, 6.07) is 13.5. The van der Waals surface area contributed by atoms with E-state index in [9.17, 15) is 0 Å². The second-order valence-corrected chi connectivity index (χ2v) is 8.42. The Morgan fingerprint density at radius 2 is 1.75 bits per heavy atom. The number of fused-ring (bicyclic) bond motifs is 1. The molecular formula is C23H29Cl2N2Ti. The van der Waals surface area contributed by atoms with Crippen LogP contribution in [0.15, 0.2) is 54.1 Å². The summed E-state index contributed by atoms with van der Waals surface area (Å²) in [7, 11) is 4.30. The van der Waals surface area contributed by atoms with Crippen LogP contribution in [-0.2, 0) is 27.2 Å². The van der Waals surface area contributed by atoms with Crippen molar-refractivity contribution in [1.29, 1.82) is 0 Å². The number of hydrogen-bond acceptors (Lipinski definition) is 2. The molecule has 0 spiro atoms. The number of hydrogen-bond donors (Lipinski definition) is 0. The summed E-state index contributed by atoms with van der Waals surface area (Å²) in [4.78, 5) is 2.26. The minimum atomic E-state index is 0. The summed E-state index contributed by atoms with van der Waals surface area (Å²) >= 11 is 2.25. The number of allylic oxidation sites excluding steroid dienone is 2. The molecule has 0 N–H and O–H groups in total. The van der Waals surface area contributed by atoms with Crippen molar-refractivity contribution in [3.8, 4) is 0 Å². The fourth-order valence-corrected chi connectivity index (χ4v) is 4.22. The van der Waals surface area contributed by atoms with Gasteiger partial charge in [-0.25, -0.2) is 0 Å². The Hall–Kier alpha value is -0.606. The van der Waals surface area contributed by atoms with E-state index in [1.165, 1.54) is 45.9 Å². The van der Waals surface area contributed by atoms with Gasteiger partial charge in [-0.2, -0.15) is 0 Å². The molecule has 0 saturated carbocycles. The van der Waals surface area contributed by atoms with Gasteiger partial charge in [0, 0.05) is 0 Å². The van der Waals surface area contributed by atoms with Crippen LogP contribution in [0.5, 0.6) is 0 Å². The SMILES string of the molecule is CCCC[N]([Ti+2])Cc1c(C2=C(CN(C)C)C=CC2)ccc2ccccc12.[Cl-].[Cl-]. The smallest absolute Gasteiger partial charge is 1.00 e. The van der Waals surface area contributed by atoms with E-state index in [1.807, 2.05) is 0 Å². The fourth-order valence-electron chi connectivity index (χ4n) is 3.73. The molecule has 1 aliphatic carbocycles. The van der Waals surface area contributed by atoms with Gasteiger partial charge in [0.1, 0.15) is 0 Å². The molecule has 0 bridgehead atoms. The quantitative estimate of drug-likeness (QED) is 0.484. The first-order valence-electron chi connectivity index (χ1n) is 9.60. The molecule has 2 nitrogen and oxygen atoms in total. The van der Waals surface area contributed by atoms with Crippen molar-refractivity contribution in [2.75, 3.05) is 27.2 Å². The largest absolute Gasteiger partial charge is 1.00 e. The minimum absolute atomic E-state index is 0. The molecule has 5 heteroatoms. The van der Waals surface area contributed by atoms with Crippen molar-refractivity contribution in [2.45, 2.75) is 32.7 Å². The predicted molar refractivity (Wildman–Crippen MR) is 108 cm³/mol.